The van der Waals surface area contributed by atoms with Crippen LogP contribution in [0.25, 0.3) is 6.08 Å². The molecular weight excluding hydrogens is 330 g/mol. The number of furan rings is 1. The number of thioether (sulfide) groups is 1. The number of ether oxygens (including phenoxy) is 1. The molecule has 1 amide bonds. The summed E-state index contributed by atoms with van der Waals surface area (Å²) in [6.45, 7) is 2.33. The largest absolute Gasteiger partial charge is 0.496 e. The summed E-state index contributed by atoms with van der Waals surface area (Å²) in [6.07, 6.45) is 3.44. The van der Waals surface area contributed by atoms with E-state index in [1.807, 2.05) is 37.3 Å². The molecule has 1 aromatic heterocycles. The first-order valence-electron chi connectivity index (χ1n) is 7.01. The topological polar surface area (TPSA) is 42.7 Å². The van der Waals surface area contributed by atoms with Crippen LogP contribution in [0.3, 0.4) is 0 Å². The molecule has 1 aliphatic rings. The van der Waals surface area contributed by atoms with Crippen molar-refractivity contribution in [1.82, 2.24) is 4.90 Å². The van der Waals surface area contributed by atoms with Gasteiger partial charge in [0.2, 0.25) is 0 Å². The van der Waals surface area contributed by atoms with E-state index in [2.05, 4.69) is 0 Å². The van der Waals surface area contributed by atoms with Crippen molar-refractivity contribution in [3.63, 3.8) is 0 Å². The fourth-order valence-electron chi connectivity index (χ4n) is 2.34. The van der Waals surface area contributed by atoms with Gasteiger partial charge >= 0.3 is 0 Å². The summed E-state index contributed by atoms with van der Waals surface area (Å²) in [4.78, 5) is 14.7. The van der Waals surface area contributed by atoms with Crippen molar-refractivity contribution in [2.24, 2.45) is 0 Å². The second-order valence-corrected chi connectivity index (χ2v) is 6.75. The lowest BCUT2D eigenvalue weighted by atomic mass is 10.1. The number of methoxy groups -OCH3 is 1. The number of aryl methyl sites for hydroxylation is 1. The van der Waals surface area contributed by atoms with Gasteiger partial charge in [-0.25, -0.2) is 0 Å². The highest BCUT2D eigenvalue weighted by molar-refractivity contribution is 8.26. The van der Waals surface area contributed by atoms with Crippen molar-refractivity contribution in [2.45, 2.75) is 13.5 Å². The molecule has 118 valence electrons. The predicted molar refractivity (Wildman–Crippen MR) is 95.2 cm³/mol. The first kappa shape index (κ1) is 15.8. The summed E-state index contributed by atoms with van der Waals surface area (Å²) in [6, 6.07) is 9.42. The van der Waals surface area contributed by atoms with Crippen LogP contribution in [-0.2, 0) is 11.3 Å². The summed E-state index contributed by atoms with van der Waals surface area (Å²) >= 11 is 6.63. The summed E-state index contributed by atoms with van der Waals surface area (Å²) < 4.78 is 11.1. The fourth-order valence-corrected chi connectivity index (χ4v) is 3.59. The second-order valence-electron chi connectivity index (χ2n) is 5.08. The Bertz CT molecular complexity index is 781. The number of carbonyl (C=O) groups is 1. The van der Waals surface area contributed by atoms with Crippen LogP contribution in [0, 0.1) is 6.92 Å². The molecule has 0 atom stereocenters. The molecule has 0 radical (unpaired) electrons. The van der Waals surface area contributed by atoms with Crippen molar-refractivity contribution in [1.29, 1.82) is 0 Å². The Kier molecular flexibility index (Phi) is 4.54. The number of amides is 1. The highest BCUT2D eigenvalue weighted by Gasteiger charge is 2.32. The Morgan fingerprint density at radius 1 is 1.39 bits per heavy atom. The minimum Gasteiger partial charge on any atom is -0.496 e. The number of benzene rings is 1. The molecule has 0 unspecified atom stereocenters. The molecule has 0 bridgehead atoms. The molecule has 23 heavy (non-hydrogen) atoms. The zero-order valence-corrected chi connectivity index (χ0v) is 14.4. The molecule has 0 N–H and O–H groups in total. The van der Waals surface area contributed by atoms with Crippen LogP contribution in [0.5, 0.6) is 5.75 Å². The Hall–Kier alpha value is -2.05. The van der Waals surface area contributed by atoms with E-state index in [9.17, 15) is 4.79 Å². The van der Waals surface area contributed by atoms with Crippen molar-refractivity contribution in [3.05, 3.63) is 58.4 Å². The average molecular weight is 345 g/mol. The number of hydrogen-bond acceptors (Lipinski definition) is 5. The minimum absolute atomic E-state index is 0.0927. The van der Waals surface area contributed by atoms with E-state index in [1.54, 1.807) is 24.3 Å². The molecule has 4 nitrogen and oxygen atoms in total. The van der Waals surface area contributed by atoms with E-state index < -0.39 is 0 Å². The van der Waals surface area contributed by atoms with Crippen LogP contribution in [0.2, 0.25) is 0 Å². The summed E-state index contributed by atoms with van der Waals surface area (Å²) in [5.74, 6) is 1.44. The van der Waals surface area contributed by atoms with Crippen molar-refractivity contribution < 1.29 is 13.9 Å². The molecule has 1 fully saturated rings. The summed E-state index contributed by atoms with van der Waals surface area (Å²) in [5.41, 5.74) is 1.97. The predicted octanol–water partition coefficient (Wildman–Crippen LogP) is 4.00. The van der Waals surface area contributed by atoms with Gasteiger partial charge < -0.3 is 9.15 Å². The molecular formula is C17H15NO3S2. The van der Waals surface area contributed by atoms with E-state index in [1.165, 1.54) is 11.8 Å². The van der Waals surface area contributed by atoms with Gasteiger partial charge in [0.15, 0.2) is 0 Å². The smallest absolute Gasteiger partial charge is 0.266 e. The van der Waals surface area contributed by atoms with E-state index in [-0.39, 0.29) is 5.91 Å². The van der Waals surface area contributed by atoms with Crippen molar-refractivity contribution >= 4 is 40.3 Å². The highest BCUT2D eigenvalue weighted by Crippen LogP contribution is 2.34. The standard InChI is InChI=1S/C17H15NO3S2/c1-11-8-12(5-6-14(11)20-2)9-15-16(19)18(17(22)23-15)10-13-4-3-7-21-13/h3-9H,10H2,1-2H3. The van der Waals surface area contributed by atoms with Crippen molar-refractivity contribution in [2.75, 3.05) is 7.11 Å². The monoisotopic (exact) mass is 345 g/mol. The molecule has 0 spiro atoms. The van der Waals surface area contributed by atoms with Gasteiger partial charge in [0.05, 0.1) is 24.8 Å². The zero-order chi connectivity index (χ0) is 16.4. The normalized spacial score (nSPS) is 16.4. The third kappa shape index (κ3) is 3.33. The molecule has 1 saturated heterocycles. The molecule has 0 aliphatic carbocycles. The number of thiocarbonyl (C=S) groups is 1. The van der Waals surface area contributed by atoms with Crippen LogP contribution < -0.4 is 4.74 Å². The third-order valence-corrected chi connectivity index (χ3v) is 4.86. The maximum atomic E-state index is 12.5. The fraction of sp³-hybridized carbons (Fsp3) is 0.176. The number of carbonyl (C=O) groups excluding carboxylic acids is 1. The van der Waals surface area contributed by atoms with Gasteiger partial charge in [0.25, 0.3) is 5.91 Å². The lowest BCUT2D eigenvalue weighted by Gasteiger charge is -2.12. The summed E-state index contributed by atoms with van der Waals surface area (Å²) in [7, 11) is 1.64. The lowest BCUT2D eigenvalue weighted by molar-refractivity contribution is -0.122. The van der Waals surface area contributed by atoms with Gasteiger partial charge in [-0.1, -0.05) is 30.0 Å². The van der Waals surface area contributed by atoms with E-state index >= 15 is 0 Å². The van der Waals surface area contributed by atoms with E-state index in [0.29, 0.717) is 21.5 Å². The van der Waals surface area contributed by atoms with Gasteiger partial charge in [0, 0.05) is 0 Å². The molecule has 1 aliphatic heterocycles. The SMILES string of the molecule is COc1ccc(C=C2SC(=S)N(Cc3ccco3)C2=O)cc1C. The lowest BCUT2D eigenvalue weighted by Crippen LogP contribution is -2.27. The van der Waals surface area contributed by atoms with Gasteiger partial charge in [-0.3, -0.25) is 9.69 Å². The average Bonchev–Trinajstić information content (AvgIpc) is 3.12. The Morgan fingerprint density at radius 3 is 2.87 bits per heavy atom. The van der Waals surface area contributed by atoms with Crippen LogP contribution in [-0.4, -0.2) is 22.2 Å². The Morgan fingerprint density at radius 2 is 2.22 bits per heavy atom. The van der Waals surface area contributed by atoms with Gasteiger partial charge in [-0.05, 0) is 48.4 Å². The highest BCUT2D eigenvalue weighted by atomic mass is 32.2. The Balaban J connectivity index is 1.82. The second kappa shape index (κ2) is 6.60. The van der Waals surface area contributed by atoms with Crippen LogP contribution >= 0.6 is 24.0 Å². The molecule has 6 heteroatoms. The van der Waals surface area contributed by atoms with Gasteiger partial charge in [-0.2, -0.15) is 0 Å². The molecule has 2 aromatic rings. The number of hydrogen-bond donors (Lipinski definition) is 0. The molecule has 3 rings (SSSR count). The molecule has 2 heterocycles. The third-order valence-electron chi connectivity index (χ3n) is 3.48. The first-order chi connectivity index (χ1) is 11.1. The quantitative estimate of drug-likeness (QED) is 0.619. The first-order valence-corrected chi connectivity index (χ1v) is 8.23. The zero-order valence-electron chi connectivity index (χ0n) is 12.7. The van der Waals surface area contributed by atoms with Crippen LogP contribution in [0.4, 0.5) is 0 Å². The number of nitrogens with zero attached hydrogens (tertiary/aromatic N) is 1. The maximum absolute atomic E-state index is 12.5. The van der Waals surface area contributed by atoms with Crippen LogP contribution in [0.1, 0.15) is 16.9 Å². The number of rotatable bonds is 4. The Labute approximate surface area is 144 Å². The van der Waals surface area contributed by atoms with E-state index in [4.69, 9.17) is 21.4 Å². The van der Waals surface area contributed by atoms with E-state index in [0.717, 1.165) is 16.9 Å². The van der Waals surface area contributed by atoms with Crippen LogP contribution in [0.15, 0.2) is 45.9 Å². The molecule has 0 saturated carbocycles. The van der Waals surface area contributed by atoms with Gasteiger partial charge in [-0.15, -0.1) is 0 Å². The minimum atomic E-state index is -0.0927. The maximum Gasteiger partial charge on any atom is 0.266 e. The molecule has 1 aromatic carbocycles. The summed E-state index contributed by atoms with van der Waals surface area (Å²) in [5, 5.41) is 0. The van der Waals surface area contributed by atoms with Crippen molar-refractivity contribution in [3.8, 4) is 5.75 Å². The van der Waals surface area contributed by atoms with Gasteiger partial charge in [0.1, 0.15) is 15.8 Å².